The molecule has 0 bridgehead atoms. The third-order valence-electron chi connectivity index (χ3n) is 5.10. The normalized spacial score (nSPS) is 11.9. The largest absolute Gasteiger partial charge is 0.387 e. The second kappa shape index (κ2) is 8.72. The molecule has 29 heavy (non-hydrogen) atoms. The molecule has 1 amide bonds. The molecule has 4 aromatic carbocycles. The molecule has 0 aliphatic heterocycles. The Hall–Kier alpha value is -3.43. The Morgan fingerprint density at radius 1 is 0.759 bits per heavy atom. The second-order valence-electron chi connectivity index (χ2n) is 7.13. The number of amides is 1. The number of fused-ring (bicyclic) bond motifs is 1. The van der Waals surface area contributed by atoms with E-state index in [0.717, 1.165) is 33.0 Å². The molecule has 4 aromatic rings. The molecule has 144 valence electrons. The lowest BCUT2D eigenvalue weighted by Crippen LogP contribution is -2.29. The first-order chi connectivity index (χ1) is 14.2. The molecule has 3 heteroatoms. The maximum absolute atomic E-state index is 12.3. The predicted octanol–water partition coefficient (Wildman–Crippen LogP) is 4.90. The zero-order chi connectivity index (χ0) is 20.1. The first kappa shape index (κ1) is 18.9. The fraction of sp³-hybridized carbons (Fsp3) is 0.115. The van der Waals surface area contributed by atoms with Crippen LogP contribution in [-0.2, 0) is 11.2 Å². The van der Waals surface area contributed by atoms with Crippen molar-refractivity contribution in [3.8, 4) is 11.1 Å². The molecule has 0 fully saturated rings. The third-order valence-corrected chi connectivity index (χ3v) is 5.10. The van der Waals surface area contributed by atoms with Crippen molar-refractivity contribution in [3.05, 3.63) is 108 Å². The van der Waals surface area contributed by atoms with Crippen molar-refractivity contribution in [2.45, 2.75) is 12.5 Å². The van der Waals surface area contributed by atoms with Crippen LogP contribution in [0.4, 0.5) is 0 Å². The summed E-state index contributed by atoms with van der Waals surface area (Å²) in [6.07, 6.45) is -0.456. The molecule has 0 aliphatic carbocycles. The Kier molecular flexibility index (Phi) is 5.68. The maximum Gasteiger partial charge on any atom is 0.224 e. The number of aliphatic hydroxyl groups excluding tert-OH is 1. The van der Waals surface area contributed by atoms with Crippen molar-refractivity contribution >= 4 is 16.7 Å². The summed E-state index contributed by atoms with van der Waals surface area (Å²) < 4.78 is 0. The highest BCUT2D eigenvalue weighted by Gasteiger charge is 2.12. The summed E-state index contributed by atoms with van der Waals surface area (Å²) in [5, 5.41) is 15.5. The highest BCUT2D eigenvalue weighted by Crippen LogP contribution is 2.24. The molecule has 0 unspecified atom stereocenters. The van der Waals surface area contributed by atoms with Gasteiger partial charge in [0.1, 0.15) is 0 Å². The molecule has 0 spiro atoms. The van der Waals surface area contributed by atoms with Crippen LogP contribution in [0.1, 0.15) is 17.2 Å². The van der Waals surface area contributed by atoms with Gasteiger partial charge in [0.15, 0.2) is 0 Å². The van der Waals surface area contributed by atoms with E-state index >= 15 is 0 Å². The van der Waals surface area contributed by atoms with E-state index in [4.69, 9.17) is 0 Å². The number of carbonyl (C=O) groups excluding carboxylic acids is 1. The van der Waals surface area contributed by atoms with Crippen molar-refractivity contribution in [2.75, 3.05) is 6.54 Å². The average Bonchev–Trinajstić information content (AvgIpc) is 2.78. The lowest BCUT2D eigenvalue weighted by atomic mass is 10.0. The lowest BCUT2D eigenvalue weighted by Gasteiger charge is -2.15. The van der Waals surface area contributed by atoms with E-state index in [-0.39, 0.29) is 18.9 Å². The van der Waals surface area contributed by atoms with Gasteiger partial charge in [0.2, 0.25) is 5.91 Å². The van der Waals surface area contributed by atoms with Crippen molar-refractivity contribution in [1.29, 1.82) is 0 Å². The standard InChI is InChI=1S/C26H23NO2/c28-25(24-12-6-10-22-9-4-5-11-23(22)24)18-27-26(29)17-19-13-15-21(16-14-19)20-7-2-1-3-8-20/h1-16,25,28H,17-18H2,(H,27,29)/t25-/m0/s1. The van der Waals surface area contributed by atoms with Crippen LogP contribution in [0.3, 0.4) is 0 Å². The van der Waals surface area contributed by atoms with Gasteiger partial charge in [0, 0.05) is 6.54 Å². The van der Waals surface area contributed by atoms with Crippen molar-refractivity contribution in [3.63, 3.8) is 0 Å². The predicted molar refractivity (Wildman–Crippen MR) is 117 cm³/mol. The van der Waals surface area contributed by atoms with Crippen LogP contribution in [-0.4, -0.2) is 17.6 Å². The minimum Gasteiger partial charge on any atom is -0.387 e. The van der Waals surface area contributed by atoms with Gasteiger partial charge in [0.05, 0.1) is 12.5 Å². The van der Waals surface area contributed by atoms with Crippen LogP contribution in [0.5, 0.6) is 0 Å². The van der Waals surface area contributed by atoms with E-state index < -0.39 is 6.10 Å². The van der Waals surface area contributed by atoms with Crippen LogP contribution in [0.25, 0.3) is 21.9 Å². The number of aliphatic hydroxyl groups is 1. The first-order valence-electron chi connectivity index (χ1n) is 9.77. The summed E-state index contributed by atoms with van der Waals surface area (Å²) in [7, 11) is 0. The van der Waals surface area contributed by atoms with Gasteiger partial charge in [-0.15, -0.1) is 0 Å². The van der Waals surface area contributed by atoms with Gasteiger partial charge in [0.25, 0.3) is 0 Å². The second-order valence-corrected chi connectivity index (χ2v) is 7.13. The fourth-order valence-corrected chi connectivity index (χ4v) is 3.56. The van der Waals surface area contributed by atoms with Gasteiger partial charge in [-0.25, -0.2) is 0 Å². The molecule has 0 aromatic heterocycles. The minimum absolute atomic E-state index is 0.100. The van der Waals surface area contributed by atoms with E-state index in [1.54, 1.807) is 0 Å². The molecule has 0 radical (unpaired) electrons. The summed E-state index contributed by atoms with van der Waals surface area (Å²) in [5.74, 6) is -0.100. The summed E-state index contributed by atoms with van der Waals surface area (Å²) in [5.41, 5.74) is 4.06. The Morgan fingerprint density at radius 3 is 2.21 bits per heavy atom. The zero-order valence-corrected chi connectivity index (χ0v) is 16.1. The van der Waals surface area contributed by atoms with Gasteiger partial charge in [-0.2, -0.15) is 0 Å². The summed E-state index contributed by atoms with van der Waals surface area (Å²) in [4.78, 5) is 12.3. The molecular weight excluding hydrogens is 358 g/mol. The van der Waals surface area contributed by atoms with E-state index in [1.165, 1.54) is 0 Å². The molecule has 0 saturated carbocycles. The Labute approximate surface area is 170 Å². The molecular formula is C26H23NO2. The van der Waals surface area contributed by atoms with E-state index in [9.17, 15) is 9.90 Å². The molecule has 3 nitrogen and oxygen atoms in total. The number of hydrogen-bond acceptors (Lipinski definition) is 2. The van der Waals surface area contributed by atoms with Gasteiger partial charge < -0.3 is 10.4 Å². The molecule has 0 heterocycles. The highest BCUT2D eigenvalue weighted by atomic mass is 16.3. The minimum atomic E-state index is -0.745. The van der Waals surface area contributed by atoms with Crippen molar-refractivity contribution in [1.82, 2.24) is 5.32 Å². The third kappa shape index (κ3) is 4.53. The average molecular weight is 381 g/mol. The fourth-order valence-electron chi connectivity index (χ4n) is 3.56. The smallest absolute Gasteiger partial charge is 0.224 e. The number of nitrogens with one attached hydrogen (secondary N) is 1. The van der Waals surface area contributed by atoms with Gasteiger partial charge in [-0.3, -0.25) is 4.79 Å². The molecule has 4 rings (SSSR count). The topological polar surface area (TPSA) is 49.3 Å². The Balaban J connectivity index is 1.36. The van der Waals surface area contributed by atoms with Gasteiger partial charge >= 0.3 is 0 Å². The SMILES string of the molecule is O=C(Cc1ccc(-c2ccccc2)cc1)NC[C@H](O)c1cccc2ccccc12. The Morgan fingerprint density at radius 2 is 1.41 bits per heavy atom. The molecule has 0 saturated heterocycles. The van der Waals surface area contributed by atoms with Crippen LogP contribution in [0.2, 0.25) is 0 Å². The number of hydrogen-bond donors (Lipinski definition) is 2. The van der Waals surface area contributed by atoms with E-state index in [1.807, 2.05) is 84.9 Å². The highest BCUT2D eigenvalue weighted by molar-refractivity contribution is 5.86. The summed E-state index contributed by atoms with van der Waals surface area (Å²) in [6.45, 7) is 0.189. The molecule has 1 atom stereocenters. The van der Waals surface area contributed by atoms with Crippen molar-refractivity contribution < 1.29 is 9.90 Å². The van der Waals surface area contributed by atoms with E-state index in [0.29, 0.717) is 0 Å². The van der Waals surface area contributed by atoms with Crippen LogP contribution in [0, 0.1) is 0 Å². The van der Waals surface area contributed by atoms with E-state index in [2.05, 4.69) is 17.4 Å². The first-order valence-corrected chi connectivity index (χ1v) is 9.77. The monoisotopic (exact) mass is 381 g/mol. The molecule has 2 N–H and O–H groups in total. The van der Waals surface area contributed by atoms with Gasteiger partial charge in [-0.1, -0.05) is 97.1 Å². The Bertz CT molecular complexity index is 1100. The summed E-state index contributed by atoms with van der Waals surface area (Å²) >= 11 is 0. The maximum atomic E-state index is 12.3. The van der Waals surface area contributed by atoms with Crippen molar-refractivity contribution in [2.24, 2.45) is 0 Å². The molecule has 0 aliphatic rings. The van der Waals surface area contributed by atoms with Crippen LogP contribution in [0.15, 0.2) is 97.1 Å². The quantitative estimate of drug-likeness (QED) is 0.499. The lowest BCUT2D eigenvalue weighted by molar-refractivity contribution is -0.120. The number of benzene rings is 4. The number of rotatable bonds is 6. The number of carbonyl (C=O) groups is 1. The van der Waals surface area contributed by atoms with Crippen LogP contribution < -0.4 is 5.32 Å². The van der Waals surface area contributed by atoms with Gasteiger partial charge in [-0.05, 0) is 33.0 Å². The zero-order valence-electron chi connectivity index (χ0n) is 16.1. The summed E-state index contributed by atoms with van der Waals surface area (Å²) in [6, 6.07) is 31.9. The van der Waals surface area contributed by atoms with Crippen LogP contribution >= 0.6 is 0 Å².